The van der Waals surface area contributed by atoms with Gasteiger partial charge in [-0.05, 0) is 67.1 Å². The SMILES string of the molecule is Cc1cccc2sc(NC(=O)c3ccc(Oc4ccc(C(N)=O)cc4)cc3)nc12. The number of nitrogens with two attached hydrogens (primary N) is 1. The quantitative estimate of drug-likeness (QED) is 0.503. The van der Waals surface area contributed by atoms with Crippen molar-refractivity contribution in [1.29, 1.82) is 0 Å². The molecule has 144 valence electrons. The highest BCUT2D eigenvalue weighted by Crippen LogP contribution is 2.28. The molecule has 0 aliphatic carbocycles. The summed E-state index contributed by atoms with van der Waals surface area (Å²) in [6.45, 7) is 1.99. The zero-order valence-electron chi connectivity index (χ0n) is 15.5. The number of carbonyl (C=O) groups excluding carboxylic acids is 2. The van der Waals surface area contributed by atoms with Crippen molar-refractivity contribution in [2.45, 2.75) is 6.92 Å². The third kappa shape index (κ3) is 4.09. The molecule has 1 heterocycles. The van der Waals surface area contributed by atoms with Crippen LogP contribution in [0.25, 0.3) is 10.2 Å². The summed E-state index contributed by atoms with van der Waals surface area (Å²) in [5, 5.41) is 3.41. The molecule has 2 amide bonds. The van der Waals surface area contributed by atoms with Gasteiger partial charge in [0, 0.05) is 11.1 Å². The lowest BCUT2D eigenvalue weighted by Gasteiger charge is -2.07. The minimum atomic E-state index is -0.491. The number of ether oxygens (including phenoxy) is 1. The van der Waals surface area contributed by atoms with E-state index >= 15 is 0 Å². The van der Waals surface area contributed by atoms with Crippen molar-refractivity contribution in [2.75, 3.05) is 5.32 Å². The van der Waals surface area contributed by atoms with Crippen molar-refractivity contribution in [3.05, 3.63) is 83.4 Å². The number of fused-ring (bicyclic) bond motifs is 1. The largest absolute Gasteiger partial charge is 0.457 e. The summed E-state index contributed by atoms with van der Waals surface area (Å²) in [4.78, 5) is 28.1. The molecular weight excluding hydrogens is 386 g/mol. The van der Waals surface area contributed by atoms with Crippen molar-refractivity contribution in [2.24, 2.45) is 5.73 Å². The van der Waals surface area contributed by atoms with Crippen molar-refractivity contribution < 1.29 is 14.3 Å². The van der Waals surface area contributed by atoms with E-state index in [2.05, 4.69) is 10.3 Å². The number of rotatable bonds is 5. The van der Waals surface area contributed by atoms with Crippen molar-refractivity contribution in [3.8, 4) is 11.5 Å². The molecule has 4 aromatic rings. The monoisotopic (exact) mass is 403 g/mol. The fraction of sp³-hybridized carbons (Fsp3) is 0.0455. The van der Waals surface area contributed by atoms with Gasteiger partial charge in [-0.3, -0.25) is 14.9 Å². The number of nitrogens with one attached hydrogen (secondary N) is 1. The number of para-hydroxylation sites is 1. The fourth-order valence-corrected chi connectivity index (χ4v) is 3.75. The van der Waals surface area contributed by atoms with E-state index in [1.54, 1.807) is 48.5 Å². The van der Waals surface area contributed by atoms with E-state index in [4.69, 9.17) is 10.5 Å². The van der Waals surface area contributed by atoms with Crippen molar-refractivity contribution >= 4 is 38.5 Å². The Labute approximate surface area is 171 Å². The van der Waals surface area contributed by atoms with Crippen LogP contribution in [0, 0.1) is 6.92 Å². The first-order chi connectivity index (χ1) is 14.0. The highest BCUT2D eigenvalue weighted by Gasteiger charge is 2.11. The number of anilines is 1. The molecule has 7 heteroatoms. The first-order valence-electron chi connectivity index (χ1n) is 8.85. The molecule has 0 saturated heterocycles. The Bertz CT molecular complexity index is 1200. The van der Waals surface area contributed by atoms with Gasteiger partial charge in [0.2, 0.25) is 5.91 Å². The lowest BCUT2D eigenvalue weighted by Crippen LogP contribution is -2.11. The summed E-state index contributed by atoms with van der Waals surface area (Å²) in [5.41, 5.74) is 8.11. The minimum absolute atomic E-state index is 0.237. The number of benzene rings is 3. The maximum atomic E-state index is 12.5. The van der Waals surface area contributed by atoms with E-state index in [1.165, 1.54) is 11.3 Å². The molecule has 0 aliphatic heterocycles. The molecular formula is C22H17N3O3S. The summed E-state index contributed by atoms with van der Waals surface area (Å²) in [6, 6.07) is 19.2. The zero-order chi connectivity index (χ0) is 20.4. The molecule has 0 saturated carbocycles. The van der Waals surface area contributed by atoms with E-state index in [0.29, 0.717) is 27.8 Å². The molecule has 0 fully saturated rings. The van der Waals surface area contributed by atoms with Gasteiger partial charge >= 0.3 is 0 Å². The Balaban J connectivity index is 1.44. The van der Waals surface area contributed by atoms with Gasteiger partial charge in [-0.15, -0.1) is 0 Å². The van der Waals surface area contributed by atoms with Gasteiger partial charge in [0.25, 0.3) is 5.91 Å². The van der Waals surface area contributed by atoms with E-state index in [-0.39, 0.29) is 5.91 Å². The van der Waals surface area contributed by atoms with Crippen LogP contribution >= 0.6 is 11.3 Å². The first-order valence-corrected chi connectivity index (χ1v) is 9.66. The van der Waals surface area contributed by atoms with Crippen molar-refractivity contribution in [1.82, 2.24) is 4.98 Å². The predicted molar refractivity (Wildman–Crippen MR) is 114 cm³/mol. The number of hydrogen-bond acceptors (Lipinski definition) is 5. The average molecular weight is 403 g/mol. The van der Waals surface area contributed by atoms with Crippen LogP contribution in [0.1, 0.15) is 26.3 Å². The van der Waals surface area contributed by atoms with E-state index in [0.717, 1.165) is 15.8 Å². The van der Waals surface area contributed by atoms with Crippen LogP contribution in [0.2, 0.25) is 0 Å². The number of aromatic nitrogens is 1. The lowest BCUT2D eigenvalue weighted by molar-refractivity contribution is 0.0997. The topological polar surface area (TPSA) is 94.3 Å². The van der Waals surface area contributed by atoms with Gasteiger partial charge in [-0.1, -0.05) is 23.5 Å². The van der Waals surface area contributed by atoms with Gasteiger partial charge in [-0.2, -0.15) is 0 Å². The Kier molecular flexibility index (Phi) is 4.97. The van der Waals surface area contributed by atoms with Gasteiger partial charge in [0.05, 0.1) is 10.2 Å². The molecule has 6 nitrogen and oxygen atoms in total. The molecule has 0 atom stereocenters. The molecule has 29 heavy (non-hydrogen) atoms. The van der Waals surface area contributed by atoms with E-state index in [9.17, 15) is 9.59 Å². The second-order valence-corrected chi connectivity index (χ2v) is 7.44. The van der Waals surface area contributed by atoms with Gasteiger partial charge < -0.3 is 10.5 Å². The molecule has 1 aromatic heterocycles. The molecule has 0 radical (unpaired) electrons. The second kappa shape index (κ2) is 7.73. The highest BCUT2D eigenvalue weighted by molar-refractivity contribution is 7.22. The summed E-state index contributed by atoms with van der Waals surface area (Å²) in [6.07, 6.45) is 0. The Morgan fingerprint density at radius 2 is 1.55 bits per heavy atom. The molecule has 0 unspecified atom stereocenters. The number of primary amides is 1. The zero-order valence-corrected chi connectivity index (χ0v) is 16.3. The van der Waals surface area contributed by atoms with E-state index < -0.39 is 5.91 Å². The van der Waals surface area contributed by atoms with Crippen LogP contribution in [0.5, 0.6) is 11.5 Å². The van der Waals surface area contributed by atoms with Gasteiger partial charge in [0.1, 0.15) is 11.5 Å². The number of nitrogens with zero attached hydrogens (tertiary/aromatic N) is 1. The van der Waals surface area contributed by atoms with Crippen LogP contribution < -0.4 is 15.8 Å². The maximum absolute atomic E-state index is 12.5. The number of amides is 2. The summed E-state index contributed by atoms with van der Waals surface area (Å²) in [7, 11) is 0. The molecule has 0 spiro atoms. The second-order valence-electron chi connectivity index (χ2n) is 6.41. The molecule has 0 aliphatic rings. The number of carbonyl (C=O) groups is 2. The molecule has 3 aromatic carbocycles. The Hall–Kier alpha value is -3.71. The average Bonchev–Trinajstić information content (AvgIpc) is 3.13. The first kappa shape index (κ1) is 18.6. The van der Waals surface area contributed by atoms with Crippen LogP contribution in [0.15, 0.2) is 66.7 Å². The number of thiazole rings is 1. The lowest BCUT2D eigenvalue weighted by atomic mass is 10.2. The summed E-state index contributed by atoms with van der Waals surface area (Å²) >= 11 is 1.44. The number of hydrogen-bond donors (Lipinski definition) is 2. The standard InChI is InChI=1S/C22H17N3O3S/c1-13-3-2-4-18-19(13)24-22(29-18)25-21(27)15-7-11-17(12-8-15)28-16-9-5-14(6-10-16)20(23)26/h2-12H,1H3,(H2,23,26)(H,24,25,27). The minimum Gasteiger partial charge on any atom is -0.457 e. The number of aryl methyl sites for hydroxylation is 1. The van der Waals surface area contributed by atoms with Crippen LogP contribution in [-0.2, 0) is 0 Å². The Morgan fingerprint density at radius 1 is 0.931 bits per heavy atom. The maximum Gasteiger partial charge on any atom is 0.257 e. The molecule has 0 bridgehead atoms. The third-order valence-corrected chi connectivity index (χ3v) is 5.27. The van der Waals surface area contributed by atoms with Gasteiger partial charge in [-0.25, -0.2) is 4.98 Å². The Morgan fingerprint density at radius 3 is 2.14 bits per heavy atom. The van der Waals surface area contributed by atoms with Crippen LogP contribution in [0.4, 0.5) is 5.13 Å². The van der Waals surface area contributed by atoms with Crippen molar-refractivity contribution in [3.63, 3.8) is 0 Å². The van der Waals surface area contributed by atoms with Crippen LogP contribution in [0.3, 0.4) is 0 Å². The van der Waals surface area contributed by atoms with Gasteiger partial charge in [0.15, 0.2) is 5.13 Å². The fourth-order valence-electron chi connectivity index (χ4n) is 2.81. The van der Waals surface area contributed by atoms with Crippen LogP contribution in [-0.4, -0.2) is 16.8 Å². The summed E-state index contributed by atoms with van der Waals surface area (Å²) < 4.78 is 6.76. The predicted octanol–water partition coefficient (Wildman–Crippen LogP) is 4.75. The smallest absolute Gasteiger partial charge is 0.257 e. The normalized spacial score (nSPS) is 10.7. The third-order valence-electron chi connectivity index (χ3n) is 4.33. The summed E-state index contributed by atoms with van der Waals surface area (Å²) in [5.74, 6) is 0.412. The van der Waals surface area contributed by atoms with E-state index in [1.807, 2.05) is 25.1 Å². The highest BCUT2D eigenvalue weighted by atomic mass is 32.1. The molecule has 4 rings (SSSR count). The molecule has 3 N–H and O–H groups in total.